The van der Waals surface area contributed by atoms with Gasteiger partial charge in [0.2, 0.25) is 5.88 Å². The molecule has 0 spiro atoms. The van der Waals surface area contributed by atoms with E-state index in [1.807, 2.05) is 0 Å². The van der Waals surface area contributed by atoms with Crippen molar-refractivity contribution in [1.82, 2.24) is 15.3 Å². The van der Waals surface area contributed by atoms with Gasteiger partial charge in [-0.3, -0.25) is 9.69 Å². The molecule has 0 radical (unpaired) electrons. The molecule has 1 unspecified atom stereocenters. The average Bonchev–Trinajstić information content (AvgIpc) is 3.14. The van der Waals surface area contributed by atoms with Crippen molar-refractivity contribution in [1.29, 1.82) is 0 Å². The van der Waals surface area contributed by atoms with E-state index in [9.17, 15) is 18.0 Å². The largest absolute Gasteiger partial charge is 0.481 e. The lowest BCUT2D eigenvalue weighted by Gasteiger charge is -2.38. The van der Waals surface area contributed by atoms with Crippen LogP contribution in [0.15, 0.2) is 42.5 Å². The number of aryl methyl sites for hydroxylation is 2. The van der Waals surface area contributed by atoms with Crippen LogP contribution in [0, 0.1) is 13.8 Å². The van der Waals surface area contributed by atoms with E-state index in [0.29, 0.717) is 22.0 Å². The first kappa shape index (κ1) is 23.8. The van der Waals surface area contributed by atoms with Crippen LogP contribution in [-0.2, 0) is 22.9 Å². The normalized spacial score (nSPS) is 17.5. The van der Waals surface area contributed by atoms with E-state index in [2.05, 4.69) is 15.3 Å². The predicted octanol–water partition coefficient (Wildman–Crippen LogP) is 5.11. The summed E-state index contributed by atoms with van der Waals surface area (Å²) in [5.74, 6) is 0.0697. The fourth-order valence-electron chi connectivity index (χ4n) is 4.33. The van der Waals surface area contributed by atoms with Crippen molar-refractivity contribution in [2.75, 3.05) is 19.1 Å². The summed E-state index contributed by atoms with van der Waals surface area (Å²) >= 11 is 6.24. The van der Waals surface area contributed by atoms with Gasteiger partial charge in [0.15, 0.2) is 5.54 Å². The van der Waals surface area contributed by atoms with E-state index >= 15 is 0 Å². The number of aromatic nitrogens is 2. The zero-order valence-electron chi connectivity index (χ0n) is 18.9. The molecule has 3 heterocycles. The molecule has 0 saturated carbocycles. The summed E-state index contributed by atoms with van der Waals surface area (Å²) in [6.45, 7) is 3.27. The van der Waals surface area contributed by atoms with Gasteiger partial charge in [0.1, 0.15) is 11.6 Å². The molecule has 2 aromatic heterocycles. The third-order valence-electron chi connectivity index (χ3n) is 5.91. The number of fused-ring (bicyclic) bond motifs is 1. The summed E-state index contributed by atoms with van der Waals surface area (Å²) < 4.78 is 46.4. The topological polar surface area (TPSA) is 67.3 Å². The number of hydrogen-bond acceptors (Lipinski definition) is 5. The molecule has 1 aromatic carbocycles. The Balaban J connectivity index is 2.07. The molecule has 3 aromatic rings. The summed E-state index contributed by atoms with van der Waals surface area (Å²) in [5, 5.41) is 3.19. The minimum atomic E-state index is -4.60. The number of methoxy groups -OCH3 is 1. The summed E-state index contributed by atoms with van der Waals surface area (Å²) in [6, 6.07) is 10.4. The number of alkyl halides is 3. The molecule has 34 heavy (non-hydrogen) atoms. The van der Waals surface area contributed by atoms with Crippen molar-refractivity contribution in [3.05, 3.63) is 75.4 Å². The molecule has 4 rings (SSSR count). The van der Waals surface area contributed by atoms with E-state index in [1.54, 1.807) is 37.3 Å². The predicted molar refractivity (Wildman–Crippen MR) is 123 cm³/mol. The third kappa shape index (κ3) is 3.83. The standard InChI is InChI=1S/C24H22ClF3N4O2/c1-13-9-16(6-7-18(13)25)23(22(33)29-3)12-15-5-8-20(34-4)31-21(15)32(23)19-11-17(24(26,27)28)10-14(2)30-19/h5-11H,12H2,1-4H3,(H,29,33). The number of halogens is 4. The fourth-order valence-corrected chi connectivity index (χ4v) is 4.44. The van der Waals surface area contributed by atoms with Crippen molar-refractivity contribution >= 4 is 29.1 Å². The Morgan fingerprint density at radius 1 is 1.15 bits per heavy atom. The molecule has 1 aliphatic heterocycles. The Morgan fingerprint density at radius 3 is 2.50 bits per heavy atom. The Morgan fingerprint density at radius 2 is 1.88 bits per heavy atom. The molecule has 0 aliphatic carbocycles. The van der Waals surface area contributed by atoms with Gasteiger partial charge in [-0.05, 0) is 54.8 Å². The van der Waals surface area contributed by atoms with Crippen molar-refractivity contribution in [3.8, 4) is 5.88 Å². The van der Waals surface area contributed by atoms with Crippen LogP contribution in [-0.4, -0.2) is 30.0 Å². The number of carbonyl (C=O) groups is 1. The highest BCUT2D eigenvalue weighted by Gasteiger charge is 2.53. The lowest BCUT2D eigenvalue weighted by atomic mass is 9.84. The number of rotatable bonds is 4. The fraction of sp³-hybridized carbons (Fsp3) is 0.292. The van der Waals surface area contributed by atoms with Gasteiger partial charge < -0.3 is 10.1 Å². The molecule has 10 heteroatoms. The Labute approximate surface area is 199 Å². The Kier molecular flexibility index (Phi) is 5.93. The first-order chi connectivity index (χ1) is 16.0. The Hall–Kier alpha value is -3.33. The van der Waals surface area contributed by atoms with Gasteiger partial charge in [-0.1, -0.05) is 23.7 Å². The van der Waals surface area contributed by atoms with Crippen LogP contribution in [0.3, 0.4) is 0 Å². The highest BCUT2D eigenvalue weighted by atomic mass is 35.5. The highest BCUT2D eigenvalue weighted by Crippen LogP contribution is 2.50. The van der Waals surface area contributed by atoms with Crippen molar-refractivity contribution in [2.45, 2.75) is 32.0 Å². The molecule has 1 atom stereocenters. The molecule has 6 nitrogen and oxygen atoms in total. The summed E-state index contributed by atoms with van der Waals surface area (Å²) in [7, 11) is 2.92. The number of ether oxygens (including phenoxy) is 1. The smallest absolute Gasteiger partial charge is 0.416 e. The van der Waals surface area contributed by atoms with Crippen LogP contribution < -0.4 is 15.0 Å². The van der Waals surface area contributed by atoms with Crippen LogP contribution in [0.4, 0.5) is 24.8 Å². The number of amides is 1. The molecule has 178 valence electrons. The van der Waals surface area contributed by atoms with Crippen LogP contribution in [0.2, 0.25) is 5.02 Å². The average molecular weight is 491 g/mol. The zero-order valence-corrected chi connectivity index (χ0v) is 19.7. The van der Waals surface area contributed by atoms with Gasteiger partial charge in [0.25, 0.3) is 5.91 Å². The number of pyridine rings is 2. The van der Waals surface area contributed by atoms with Crippen LogP contribution in [0.1, 0.15) is 27.9 Å². The van der Waals surface area contributed by atoms with Gasteiger partial charge in [0.05, 0.1) is 12.7 Å². The van der Waals surface area contributed by atoms with Crippen molar-refractivity contribution in [2.24, 2.45) is 0 Å². The van der Waals surface area contributed by atoms with Gasteiger partial charge >= 0.3 is 6.18 Å². The number of hydrogen-bond donors (Lipinski definition) is 1. The maximum atomic E-state index is 13.7. The summed E-state index contributed by atoms with van der Waals surface area (Å²) in [6.07, 6.45) is -4.45. The second kappa shape index (κ2) is 8.47. The van der Waals surface area contributed by atoms with Gasteiger partial charge in [-0.25, -0.2) is 4.98 Å². The zero-order chi connectivity index (χ0) is 24.8. The van der Waals surface area contributed by atoms with Crippen molar-refractivity contribution in [3.63, 3.8) is 0 Å². The van der Waals surface area contributed by atoms with Gasteiger partial charge in [0, 0.05) is 30.3 Å². The second-order valence-corrected chi connectivity index (χ2v) is 8.51. The van der Waals surface area contributed by atoms with Gasteiger partial charge in [-0.2, -0.15) is 18.2 Å². The molecule has 1 N–H and O–H groups in total. The van der Waals surface area contributed by atoms with Crippen LogP contribution >= 0.6 is 11.6 Å². The van der Waals surface area contributed by atoms with Gasteiger partial charge in [-0.15, -0.1) is 0 Å². The first-order valence-electron chi connectivity index (χ1n) is 10.4. The number of anilines is 2. The SMILES string of the molecule is CNC(=O)C1(c2ccc(Cl)c(C)c2)Cc2ccc(OC)nc2N1c1cc(C(F)(F)F)cc(C)n1. The third-order valence-corrected chi connectivity index (χ3v) is 6.34. The molecular formula is C24H22ClF3N4O2. The van der Waals surface area contributed by atoms with E-state index < -0.39 is 23.2 Å². The molecule has 0 saturated heterocycles. The number of likely N-dealkylation sites (N-methyl/N-ethyl adjacent to an activating group) is 1. The van der Waals surface area contributed by atoms with Crippen LogP contribution in [0.5, 0.6) is 5.88 Å². The molecular weight excluding hydrogens is 469 g/mol. The number of carbonyl (C=O) groups excluding carboxylic acids is 1. The monoisotopic (exact) mass is 490 g/mol. The minimum Gasteiger partial charge on any atom is -0.481 e. The maximum absolute atomic E-state index is 13.7. The van der Waals surface area contributed by atoms with E-state index in [1.165, 1.54) is 26.0 Å². The lowest BCUT2D eigenvalue weighted by Crippen LogP contribution is -2.53. The molecule has 1 aliphatic rings. The van der Waals surface area contributed by atoms with E-state index in [0.717, 1.165) is 17.7 Å². The van der Waals surface area contributed by atoms with Crippen LogP contribution in [0.25, 0.3) is 0 Å². The summed E-state index contributed by atoms with van der Waals surface area (Å²) in [4.78, 5) is 24.0. The summed E-state index contributed by atoms with van der Waals surface area (Å²) in [5.41, 5.74) is -0.257. The highest BCUT2D eigenvalue weighted by molar-refractivity contribution is 6.31. The molecule has 0 bridgehead atoms. The quantitative estimate of drug-likeness (QED) is 0.550. The minimum absolute atomic E-state index is 0.0527. The van der Waals surface area contributed by atoms with E-state index in [-0.39, 0.29) is 23.8 Å². The maximum Gasteiger partial charge on any atom is 0.416 e. The lowest BCUT2D eigenvalue weighted by molar-refractivity contribution is -0.137. The number of nitrogens with zero attached hydrogens (tertiary/aromatic N) is 3. The van der Waals surface area contributed by atoms with Crippen molar-refractivity contribution < 1.29 is 22.7 Å². The van der Waals surface area contributed by atoms with E-state index in [4.69, 9.17) is 16.3 Å². The number of nitrogens with one attached hydrogen (secondary N) is 1. The molecule has 0 fully saturated rings. The number of benzene rings is 1. The second-order valence-electron chi connectivity index (χ2n) is 8.11. The molecule has 1 amide bonds. The first-order valence-corrected chi connectivity index (χ1v) is 10.8. The Bertz CT molecular complexity index is 1280.